The predicted molar refractivity (Wildman–Crippen MR) is 105 cm³/mol. The molecule has 1 N–H and O–H groups in total. The summed E-state index contributed by atoms with van der Waals surface area (Å²) in [6, 6.07) is 5.33. The van der Waals surface area contributed by atoms with Crippen molar-refractivity contribution >= 4 is 29.1 Å². The maximum Gasteiger partial charge on any atom is 0.227 e. The molecule has 2 aromatic rings. The third kappa shape index (κ3) is 3.90. The van der Waals surface area contributed by atoms with Crippen LogP contribution in [0.15, 0.2) is 18.2 Å². The molecule has 1 aliphatic heterocycles. The Morgan fingerprint density at radius 1 is 1.35 bits per heavy atom. The smallest absolute Gasteiger partial charge is 0.227 e. The molecule has 0 unspecified atom stereocenters. The normalized spacial score (nSPS) is 17.1. The molecule has 0 spiro atoms. The molecule has 5 nitrogen and oxygen atoms in total. The third-order valence-corrected chi connectivity index (χ3v) is 5.58. The summed E-state index contributed by atoms with van der Waals surface area (Å²) < 4.78 is 1.80. The summed E-state index contributed by atoms with van der Waals surface area (Å²) in [5.41, 5.74) is 3.53. The molecule has 3 rings (SSSR count). The quantitative estimate of drug-likeness (QED) is 0.844. The van der Waals surface area contributed by atoms with Crippen molar-refractivity contribution in [2.24, 2.45) is 5.92 Å². The van der Waals surface area contributed by atoms with Crippen LogP contribution in [-0.4, -0.2) is 47.3 Å². The van der Waals surface area contributed by atoms with E-state index in [9.17, 15) is 4.79 Å². The van der Waals surface area contributed by atoms with Gasteiger partial charge in [-0.1, -0.05) is 23.2 Å². The molecule has 1 saturated heterocycles. The molecule has 1 atom stereocenters. The summed E-state index contributed by atoms with van der Waals surface area (Å²) in [6.45, 7) is 6.52. The number of hydrogen-bond acceptors (Lipinski definition) is 3. The fraction of sp³-hybridized carbons (Fsp3) is 0.474. The number of carbonyl (C=O) groups excluding carboxylic acids is 1. The van der Waals surface area contributed by atoms with Gasteiger partial charge in [0.25, 0.3) is 0 Å². The van der Waals surface area contributed by atoms with Crippen molar-refractivity contribution in [3.05, 3.63) is 45.2 Å². The summed E-state index contributed by atoms with van der Waals surface area (Å²) >= 11 is 12.3. The first-order valence-corrected chi connectivity index (χ1v) is 9.59. The molecule has 26 heavy (non-hydrogen) atoms. The number of nitrogens with zero attached hydrogens (tertiary/aromatic N) is 3. The number of aryl methyl sites for hydroxylation is 1. The predicted octanol–water partition coefficient (Wildman–Crippen LogP) is 3.41. The van der Waals surface area contributed by atoms with Gasteiger partial charge in [0, 0.05) is 29.4 Å². The average Bonchev–Trinajstić information content (AvgIpc) is 3.15. The van der Waals surface area contributed by atoms with Gasteiger partial charge in [-0.05, 0) is 58.0 Å². The molecule has 0 saturated carbocycles. The van der Waals surface area contributed by atoms with E-state index in [1.807, 2.05) is 31.9 Å². The highest BCUT2D eigenvalue weighted by Crippen LogP contribution is 2.27. The number of rotatable bonds is 5. The zero-order valence-electron chi connectivity index (χ0n) is 15.4. The largest absolute Gasteiger partial charge is 0.342 e. The first-order valence-electron chi connectivity index (χ1n) is 8.83. The highest BCUT2D eigenvalue weighted by atomic mass is 35.5. The monoisotopic (exact) mass is 394 g/mol. The fourth-order valence-electron chi connectivity index (χ4n) is 3.60. The maximum atomic E-state index is 12.8. The average molecular weight is 395 g/mol. The molecule has 7 heteroatoms. The first-order chi connectivity index (χ1) is 12.4. The van der Waals surface area contributed by atoms with Crippen molar-refractivity contribution in [2.45, 2.75) is 26.7 Å². The maximum absolute atomic E-state index is 12.8. The Morgan fingerprint density at radius 3 is 2.81 bits per heavy atom. The van der Waals surface area contributed by atoms with Gasteiger partial charge in [-0.25, -0.2) is 4.68 Å². The molecule has 1 fully saturated rings. The zero-order valence-corrected chi connectivity index (χ0v) is 16.9. The van der Waals surface area contributed by atoms with Crippen molar-refractivity contribution in [2.75, 3.05) is 26.7 Å². The van der Waals surface area contributed by atoms with Crippen LogP contribution in [0.25, 0.3) is 5.69 Å². The van der Waals surface area contributed by atoms with Crippen molar-refractivity contribution < 1.29 is 4.79 Å². The molecule has 0 bridgehead atoms. The van der Waals surface area contributed by atoms with Crippen LogP contribution in [0.3, 0.4) is 0 Å². The van der Waals surface area contributed by atoms with Crippen LogP contribution in [0, 0.1) is 19.8 Å². The number of aromatic nitrogens is 2. The lowest BCUT2D eigenvalue weighted by Crippen LogP contribution is -2.31. The minimum absolute atomic E-state index is 0.163. The van der Waals surface area contributed by atoms with Gasteiger partial charge in [0.15, 0.2) is 0 Å². The van der Waals surface area contributed by atoms with Crippen LogP contribution in [-0.2, 0) is 11.2 Å². The lowest BCUT2D eigenvalue weighted by molar-refractivity contribution is -0.129. The van der Waals surface area contributed by atoms with Crippen molar-refractivity contribution in [1.82, 2.24) is 20.0 Å². The Morgan fingerprint density at radius 2 is 2.12 bits per heavy atom. The van der Waals surface area contributed by atoms with Gasteiger partial charge in [0.1, 0.15) is 0 Å². The van der Waals surface area contributed by atoms with Crippen LogP contribution in [0.4, 0.5) is 0 Å². The second kappa shape index (κ2) is 7.99. The van der Waals surface area contributed by atoms with E-state index in [2.05, 4.69) is 10.4 Å². The SMILES string of the molecule is CNC[C@@H]1CCN(C(=O)Cc2c(C)nn(-c3ccc(Cl)cc3Cl)c2C)C1. The molecule has 1 aromatic heterocycles. The number of amides is 1. The minimum atomic E-state index is 0.163. The highest BCUT2D eigenvalue weighted by Gasteiger charge is 2.27. The number of nitrogens with one attached hydrogen (secondary N) is 1. The van der Waals surface area contributed by atoms with Crippen molar-refractivity contribution in [1.29, 1.82) is 0 Å². The summed E-state index contributed by atoms with van der Waals surface area (Å²) in [5, 5.41) is 8.92. The van der Waals surface area contributed by atoms with E-state index in [1.165, 1.54) is 0 Å². The second-order valence-corrected chi connectivity index (χ2v) is 7.73. The first kappa shape index (κ1) is 19.2. The number of carbonyl (C=O) groups is 1. The van der Waals surface area contributed by atoms with Crippen LogP contribution >= 0.6 is 23.2 Å². The fourth-order valence-corrected chi connectivity index (χ4v) is 4.08. The van der Waals surface area contributed by atoms with Crippen LogP contribution in [0.2, 0.25) is 10.0 Å². The molecule has 1 aliphatic rings. The van der Waals surface area contributed by atoms with Gasteiger partial charge in [-0.15, -0.1) is 0 Å². The van der Waals surface area contributed by atoms with Gasteiger partial charge in [0.05, 0.1) is 22.8 Å². The number of hydrogen-bond donors (Lipinski definition) is 1. The Balaban J connectivity index is 1.79. The van der Waals surface area contributed by atoms with E-state index < -0.39 is 0 Å². The number of benzene rings is 1. The van der Waals surface area contributed by atoms with Gasteiger partial charge >= 0.3 is 0 Å². The van der Waals surface area contributed by atoms with Crippen LogP contribution < -0.4 is 5.32 Å². The van der Waals surface area contributed by atoms with Gasteiger partial charge in [-0.3, -0.25) is 4.79 Å². The van der Waals surface area contributed by atoms with Gasteiger partial charge < -0.3 is 10.2 Å². The minimum Gasteiger partial charge on any atom is -0.342 e. The van der Waals surface area contributed by atoms with E-state index in [0.29, 0.717) is 22.4 Å². The van der Waals surface area contributed by atoms with Crippen molar-refractivity contribution in [3.8, 4) is 5.69 Å². The summed E-state index contributed by atoms with van der Waals surface area (Å²) in [5.74, 6) is 0.707. The Labute approximate surface area is 164 Å². The van der Waals surface area contributed by atoms with E-state index in [1.54, 1.807) is 16.8 Å². The van der Waals surface area contributed by atoms with E-state index in [0.717, 1.165) is 48.7 Å². The lowest BCUT2D eigenvalue weighted by Gasteiger charge is -2.17. The Hall–Kier alpha value is -1.56. The molecule has 0 aliphatic carbocycles. The Bertz CT molecular complexity index is 818. The summed E-state index contributed by atoms with van der Waals surface area (Å²) in [7, 11) is 1.95. The van der Waals surface area contributed by atoms with E-state index >= 15 is 0 Å². The number of likely N-dealkylation sites (tertiary alicyclic amines) is 1. The topological polar surface area (TPSA) is 50.2 Å². The molecule has 1 aromatic carbocycles. The highest BCUT2D eigenvalue weighted by molar-refractivity contribution is 6.35. The zero-order chi connectivity index (χ0) is 18.8. The van der Waals surface area contributed by atoms with Crippen molar-refractivity contribution in [3.63, 3.8) is 0 Å². The molecule has 1 amide bonds. The third-order valence-electron chi connectivity index (χ3n) is 5.04. The molecular weight excluding hydrogens is 371 g/mol. The van der Waals surface area contributed by atoms with E-state index in [4.69, 9.17) is 23.2 Å². The lowest BCUT2D eigenvalue weighted by atomic mass is 10.1. The number of halogens is 2. The van der Waals surface area contributed by atoms with Gasteiger partial charge in [0.2, 0.25) is 5.91 Å². The van der Waals surface area contributed by atoms with Crippen LogP contribution in [0.5, 0.6) is 0 Å². The second-order valence-electron chi connectivity index (χ2n) is 6.89. The Kier molecular flexibility index (Phi) is 5.90. The van der Waals surface area contributed by atoms with Gasteiger partial charge in [-0.2, -0.15) is 5.10 Å². The molecule has 140 valence electrons. The summed E-state index contributed by atoms with van der Waals surface area (Å²) in [6.07, 6.45) is 1.43. The van der Waals surface area contributed by atoms with E-state index in [-0.39, 0.29) is 5.91 Å². The standard InChI is InChI=1S/C19H24Cl2N4O/c1-12-16(9-19(26)24-7-6-14(11-24)10-22-3)13(2)25(23-12)18-5-4-15(20)8-17(18)21/h4-5,8,14,22H,6-7,9-11H2,1-3H3/t14-/m0/s1. The molecule has 0 radical (unpaired) electrons. The molecule has 2 heterocycles. The summed E-state index contributed by atoms with van der Waals surface area (Å²) in [4.78, 5) is 14.7. The molecular formula is C19H24Cl2N4O. The van der Waals surface area contributed by atoms with Crippen LogP contribution in [0.1, 0.15) is 23.4 Å².